The van der Waals surface area contributed by atoms with Gasteiger partial charge in [-0.2, -0.15) is 0 Å². The number of ether oxygens (including phenoxy) is 1. The highest BCUT2D eigenvalue weighted by Gasteiger charge is 2.07. The zero-order chi connectivity index (χ0) is 11.0. The third kappa shape index (κ3) is 4.50. The van der Waals surface area contributed by atoms with Gasteiger partial charge in [0.05, 0.1) is 13.0 Å². The molecule has 0 aliphatic carbocycles. The predicted molar refractivity (Wildman–Crippen MR) is 55.9 cm³/mol. The fourth-order valence-electron chi connectivity index (χ4n) is 0.900. The van der Waals surface area contributed by atoms with E-state index in [4.69, 9.17) is 4.74 Å². The van der Waals surface area contributed by atoms with Crippen LogP contribution in [0, 0.1) is 0 Å². The fourth-order valence-corrected chi connectivity index (χ4v) is 0.900. The van der Waals surface area contributed by atoms with Crippen molar-refractivity contribution >= 4 is 5.97 Å². The van der Waals surface area contributed by atoms with Crippen molar-refractivity contribution in [2.24, 2.45) is 0 Å². The Morgan fingerprint density at radius 2 is 2.21 bits per heavy atom. The molecular weight excluding hydrogens is 180 g/mol. The maximum absolute atomic E-state index is 11.1. The van der Waals surface area contributed by atoms with Crippen LogP contribution >= 0.6 is 0 Å². The molecule has 0 aromatic rings. The van der Waals surface area contributed by atoms with Gasteiger partial charge in [-0.15, -0.1) is 0 Å². The molecule has 0 fully saturated rings. The number of hydrogen-bond acceptors (Lipinski definition) is 3. The van der Waals surface area contributed by atoms with Gasteiger partial charge >= 0.3 is 5.97 Å². The van der Waals surface area contributed by atoms with Crippen LogP contribution < -0.4 is 0 Å². The Bertz CT molecular complexity index is 262. The molecule has 0 heterocycles. The third-order valence-electron chi connectivity index (χ3n) is 1.54. The van der Waals surface area contributed by atoms with Crippen molar-refractivity contribution in [2.75, 3.05) is 6.61 Å². The zero-order valence-electron chi connectivity index (χ0n) is 8.62. The first-order valence-corrected chi connectivity index (χ1v) is 4.48. The summed E-state index contributed by atoms with van der Waals surface area (Å²) in [5.74, 6) is -0.311. The van der Waals surface area contributed by atoms with Crippen LogP contribution in [-0.4, -0.2) is 17.7 Å². The molecule has 0 saturated carbocycles. The molecular formula is C11H16O3. The lowest BCUT2D eigenvalue weighted by molar-refractivity contribution is -0.142. The van der Waals surface area contributed by atoms with Gasteiger partial charge < -0.3 is 9.84 Å². The van der Waals surface area contributed by atoms with Gasteiger partial charge in [0.2, 0.25) is 0 Å². The summed E-state index contributed by atoms with van der Waals surface area (Å²) >= 11 is 0. The maximum Gasteiger partial charge on any atom is 0.310 e. The molecule has 78 valence electrons. The van der Waals surface area contributed by atoms with E-state index < -0.39 is 0 Å². The predicted octanol–water partition coefficient (Wildman–Crippen LogP) is 2.51. The first-order chi connectivity index (χ1) is 6.65. The van der Waals surface area contributed by atoms with E-state index in [1.807, 2.05) is 0 Å². The number of carbonyl (C=O) groups is 1. The lowest BCUT2D eigenvalue weighted by Crippen LogP contribution is -2.05. The minimum atomic E-state index is -0.363. The number of rotatable bonds is 5. The van der Waals surface area contributed by atoms with Crippen molar-refractivity contribution in [1.29, 1.82) is 0 Å². The molecule has 0 aromatic heterocycles. The van der Waals surface area contributed by atoms with Gasteiger partial charge in [-0.05, 0) is 19.9 Å². The monoisotopic (exact) mass is 196 g/mol. The summed E-state index contributed by atoms with van der Waals surface area (Å²) in [6.07, 6.45) is 4.69. The van der Waals surface area contributed by atoms with Gasteiger partial charge in [0, 0.05) is 5.57 Å². The van der Waals surface area contributed by atoms with Gasteiger partial charge in [0.15, 0.2) is 0 Å². The van der Waals surface area contributed by atoms with E-state index in [2.05, 4.69) is 6.58 Å². The van der Waals surface area contributed by atoms with E-state index in [0.29, 0.717) is 12.2 Å². The topological polar surface area (TPSA) is 46.5 Å². The molecule has 0 amide bonds. The molecule has 0 spiro atoms. The number of hydrogen-bond donors (Lipinski definition) is 1. The Balaban J connectivity index is 4.50. The molecule has 14 heavy (non-hydrogen) atoms. The van der Waals surface area contributed by atoms with Crippen molar-refractivity contribution in [3.63, 3.8) is 0 Å². The highest BCUT2D eigenvalue weighted by molar-refractivity contribution is 5.73. The van der Waals surface area contributed by atoms with Crippen LogP contribution in [0.3, 0.4) is 0 Å². The Morgan fingerprint density at radius 1 is 1.57 bits per heavy atom. The van der Waals surface area contributed by atoms with Crippen LogP contribution in [0.2, 0.25) is 0 Å². The van der Waals surface area contributed by atoms with Crippen LogP contribution in [0.4, 0.5) is 0 Å². The molecule has 0 atom stereocenters. The molecule has 0 unspecified atom stereocenters. The number of esters is 1. The van der Waals surface area contributed by atoms with E-state index in [1.165, 1.54) is 12.2 Å². The van der Waals surface area contributed by atoms with E-state index >= 15 is 0 Å². The van der Waals surface area contributed by atoms with Crippen molar-refractivity contribution in [3.05, 3.63) is 36.1 Å². The number of allylic oxidation sites excluding steroid dienone is 3. The molecule has 1 N–H and O–H groups in total. The first-order valence-electron chi connectivity index (χ1n) is 4.48. The number of carbonyl (C=O) groups excluding carboxylic acids is 1. The van der Waals surface area contributed by atoms with Gasteiger partial charge in [-0.3, -0.25) is 4.79 Å². The second-order valence-corrected chi connectivity index (χ2v) is 2.60. The molecule has 0 aliphatic heterocycles. The summed E-state index contributed by atoms with van der Waals surface area (Å²) in [5.41, 5.74) is 0.474. The zero-order valence-corrected chi connectivity index (χ0v) is 8.62. The molecule has 0 rings (SSSR count). The van der Waals surface area contributed by atoms with E-state index in [-0.39, 0.29) is 18.1 Å². The molecule has 0 aliphatic rings. The maximum atomic E-state index is 11.1. The summed E-state index contributed by atoms with van der Waals surface area (Å²) in [4.78, 5) is 11.1. The molecule has 3 heteroatoms. The first kappa shape index (κ1) is 12.5. The lowest BCUT2D eigenvalue weighted by atomic mass is 10.1. The molecule has 0 radical (unpaired) electrons. The average Bonchev–Trinajstić information content (AvgIpc) is 2.15. The van der Waals surface area contributed by atoms with Crippen LogP contribution in [0.25, 0.3) is 0 Å². The second-order valence-electron chi connectivity index (χ2n) is 2.60. The smallest absolute Gasteiger partial charge is 0.310 e. The van der Waals surface area contributed by atoms with E-state index in [1.54, 1.807) is 19.9 Å². The summed E-state index contributed by atoms with van der Waals surface area (Å²) in [5, 5.41) is 9.44. The van der Waals surface area contributed by atoms with Crippen molar-refractivity contribution < 1.29 is 14.6 Å². The normalized spacial score (nSPS) is 12.4. The average molecular weight is 196 g/mol. The van der Waals surface area contributed by atoms with Crippen LogP contribution in [0.1, 0.15) is 20.3 Å². The van der Waals surface area contributed by atoms with Crippen LogP contribution in [0.5, 0.6) is 0 Å². The van der Waals surface area contributed by atoms with Gasteiger partial charge in [-0.1, -0.05) is 18.7 Å². The van der Waals surface area contributed by atoms with Gasteiger partial charge in [0.25, 0.3) is 0 Å². The largest absolute Gasteiger partial charge is 0.508 e. The minimum Gasteiger partial charge on any atom is -0.508 e. The fraction of sp³-hybridized carbons (Fsp3) is 0.364. The SMILES string of the molecule is C=C/C(CC(=O)OCC)=C(O)\C=C/C. The highest BCUT2D eigenvalue weighted by atomic mass is 16.5. The van der Waals surface area contributed by atoms with Crippen LogP contribution in [-0.2, 0) is 9.53 Å². The van der Waals surface area contributed by atoms with Crippen molar-refractivity contribution in [1.82, 2.24) is 0 Å². The Labute approximate surface area is 84.4 Å². The summed E-state index contributed by atoms with van der Waals surface area (Å²) in [6.45, 7) is 7.38. The van der Waals surface area contributed by atoms with E-state index in [0.717, 1.165) is 0 Å². The van der Waals surface area contributed by atoms with Crippen molar-refractivity contribution in [3.8, 4) is 0 Å². The number of aliphatic hydroxyl groups excluding tert-OH is 1. The Hall–Kier alpha value is -1.51. The summed E-state index contributed by atoms with van der Waals surface area (Å²) in [6, 6.07) is 0. The molecule has 0 saturated heterocycles. The Morgan fingerprint density at radius 3 is 2.64 bits per heavy atom. The second kappa shape index (κ2) is 6.95. The number of aliphatic hydroxyl groups is 1. The molecule has 0 bridgehead atoms. The highest BCUT2D eigenvalue weighted by Crippen LogP contribution is 2.10. The van der Waals surface area contributed by atoms with Gasteiger partial charge in [-0.25, -0.2) is 0 Å². The standard InChI is InChI=1S/C11H16O3/c1-4-7-10(12)9(5-2)8-11(13)14-6-3/h4-5,7,12H,2,6,8H2,1,3H3/b7-4-,10-9-. The summed E-state index contributed by atoms with van der Waals surface area (Å²) in [7, 11) is 0. The quantitative estimate of drug-likeness (QED) is 0.417. The third-order valence-corrected chi connectivity index (χ3v) is 1.54. The van der Waals surface area contributed by atoms with Crippen molar-refractivity contribution in [2.45, 2.75) is 20.3 Å². The molecule has 0 aromatic carbocycles. The minimum absolute atomic E-state index is 0.0491. The van der Waals surface area contributed by atoms with Crippen LogP contribution in [0.15, 0.2) is 36.1 Å². The lowest BCUT2D eigenvalue weighted by Gasteiger charge is -2.03. The Kier molecular flexibility index (Phi) is 6.20. The van der Waals surface area contributed by atoms with E-state index in [9.17, 15) is 9.90 Å². The summed E-state index contributed by atoms with van der Waals surface area (Å²) < 4.78 is 4.75. The van der Waals surface area contributed by atoms with Gasteiger partial charge in [0.1, 0.15) is 5.76 Å². The molecule has 3 nitrogen and oxygen atoms in total.